The number of nitrogens with one attached hydrogen (secondary N) is 1. The molecule has 0 spiro atoms. The SMILES string of the molecule is C[C@H](Sc1nc2ccccc2c(=O)n1C)C(=O)N[C@H](C)[C@H]1C[C@H]2CC[C@H]1C2. The fourth-order valence-electron chi connectivity index (χ4n) is 4.87. The summed E-state index contributed by atoms with van der Waals surface area (Å²) in [5.41, 5.74) is 0.595. The van der Waals surface area contributed by atoms with Crippen LogP contribution in [0.2, 0.25) is 0 Å². The van der Waals surface area contributed by atoms with Crippen LogP contribution >= 0.6 is 11.8 Å². The summed E-state index contributed by atoms with van der Waals surface area (Å²) in [5, 5.41) is 4.10. The van der Waals surface area contributed by atoms with Gasteiger partial charge in [-0.2, -0.15) is 0 Å². The van der Waals surface area contributed by atoms with Gasteiger partial charge >= 0.3 is 0 Å². The van der Waals surface area contributed by atoms with Crippen LogP contribution in [0, 0.1) is 17.8 Å². The monoisotopic (exact) mass is 385 g/mol. The molecule has 144 valence electrons. The quantitative estimate of drug-likeness (QED) is 0.633. The largest absolute Gasteiger partial charge is 0.352 e. The molecule has 2 fully saturated rings. The average molecular weight is 386 g/mol. The zero-order valence-corrected chi connectivity index (χ0v) is 17.0. The first-order chi connectivity index (χ1) is 12.9. The highest BCUT2D eigenvalue weighted by Gasteiger charge is 2.42. The maximum absolute atomic E-state index is 12.7. The van der Waals surface area contributed by atoms with Gasteiger partial charge in [0.15, 0.2) is 5.16 Å². The van der Waals surface area contributed by atoms with Crippen molar-refractivity contribution < 1.29 is 4.79 Å². The van der Waals surface area contributed by atoms with Gasteiger partial charge in [0.25, 0.3) is 5.56 Å². The highest BCUT2D eigenvalue weighted by atomic mass is 32.2. The number of carbonyl (C=O) groups is 1. The van der Waals surface area contributed by atoms with Crippen molar-refractivity contribution in [1.82, 2.24) is 14.9 Å². The Hall–Kier alpha value is -1.82. The maximum atomic E-state index is 12.7. The zero-order valence-electron chi connectivity index (χ0n) is 16.1. The molecule has 1 aromatic heterocycles. The van der Waals surface area contributed by atoms with Gasteiger partial charge in [0.1, 0.15) is 0 Å². The number of hydrogen-bond acceptors (Lipinski definition) is 4. The van der Waals surface area contributed by atoms with Gasteiger partial charge in [0.2, 0.25) is 5.91 Å². The predicted molar refractivity (Wildman–Crippen MR) is 109 cm³/mol. The van der Waals surface area contributed by atoms with Crippen LogP contribution in [0.5, 0.6) is 0 Å². The fourth-order valence-corrected chi connectivity index (χ4v) is 5.75. The summed E-state index contributed by atoms with van der Waals surface area (Å²) >= 11 is 1.35. The van der Waals surface area contributed by atoms with Crippen molar-refractivity contribution in [1.29, 1.82) is 0 Å². The lowest BCUT2D eigenvalue weighted by atomic mass is 9.84. The molecule has 1 N–H and O–H groups in total. The lowest BCUT2D eigenvalue weighted by Gasteiger charge is -2.29. The summed E-state index contributed by atoms with van der Waals surface area (Å²) in [6.45, 7) is 4.03. The van der Waals surface area contributed by atoms with E-state index in [0.29, 0.717) is 22.0 Å². The van der Waals surface area contributed by atoms with E-state index < -0.39 is 0 Å². The van der Waals surface area contributed by atoms with Crippen LogP contribution in [0.15, 0.2) is 34.2 Å². The minimum Gasteiger partial charge on any atom is -0.352 e. The van der Waals surface area contributed by atoms with Gasteiger partial charge in [-0.3, -0.25) is 14.2 Å². The molecule has 4 rings (SSSR count). The molecule has 1 amide bonds. The van der Waals surface area contributed by atoms with Gasteiger partial charge < -0.3 is 5.32 Å². The highest BCUT2D eigenvalue weighted by molar-refractivity contribution is 8.00. The summed E-state index contributed by atoms with van der Waals surface area (Å²) in [6, 6.07) is 7.54. The summed E-state index contributed by atoms with van der Waals surface area (Å²) in [5.74, 6) is 2.31. The molecule has 5 nitrogen and oxygen atoms in total. The Kier molecular flexibility index (Phi) is 5.01. The molecule has 5 atom stereocenters. The Morgan fingerprint density at radius 1 is 1.26 bits per heavy atom. The predicted octanol–water partition coefficient (Wildman–Crippen LogP) is 3.36. The Labute approximate surface area is 163 Å². The average Bonchev–Trinajstić information content (AvgIpc) is 3.29. The molecular weight excluding hydrogens is 358 g/mol. The molecule has 2 aliphatic rings. The van der Waals surface area contributed by atoms with Crippen LogP contribution < -0.4 is 10.9 Å². The third-order valence-electron chi connectivity index (χ3n) is 6.40. The molecular formula is C21H27N3O2S. The Balaban J connectivity index is 1.45. The Morgan fingerprint density at radius 2 is 2.04 bits per heavy atom. The number of benzene rings is 1. The van der Waals surface area contributed by atoms with Crippen LogP contribution in [-0.2, 0) is 11.8 Å². The number of rotatable bonds is 5. The molecule has 0 unspecified atom stereocenters. The number of para-hydroxylation sites is 1. The van der Waals surface area contributed by atoms with Gasteiger partial charge in [0, 0.05) is 13.1 Å². The van der Waals surface area contributed by atoms with E-state index in [0.717, 1.165) is 11.8 Å². The van der Waals surface area contributed by atoms with Crippen LogP contribution in [0.1, 0.15) is 39.5 Å². The van der Waals surface area contributed by atoms with E-state index in [4.69, 9.17) is 0 Å². The van der Waals surface area contributed by atoms with Crippen LogP contribution in [0.4, 0.5) is 0 Å². The molecule has 1 aromatic carbocycles. The number of nitrogens with zero attached hydrogens (tertiary/aromatic N) is 2. The third kappa shape index (κ3) is 3.51. The minimum atomic E-state index is -0.301. The number of carbonyl (C=O) groups excluding carboxylic acids is 1. The number of fused-ring (bicyclic) bond motifs is 3. The van der Waals surface area contributed by atoms with Gasteiger partial charge in [-0.25, -0.2) is 4.98 Å². The minimum absolute atomic E-state index is 0.0256. The van der Waals surface area contributed by atoms with E-state index in [-0.39, 0.29) is 22.8 Å². The van der Waals surface area contributed by atoms with Gasteiger partial charge in [0.05, 0.1) is 16.2 Å². The number of amides is 1. The summed E-state index contributed by atoms with van der Waals surface area (Å²) in [4.78, 5) is 29.9. The van der Waals surface area contributed by atoms with Crippen molar-refractivity contribution in [3.63, 3.8) is 0 Å². The normalized spacial score (nSPS) is 26.3. The van der Waals surface area contributed by atoms with Crippen molar-refractivity contribution in [3.8, 4) is 0 Å². The van der Waals surface area contributed by atoms with Gasteiger partial charge in [-0.05, 0) is 63.0 Å². The molecule has 2 aliphatic carbocycles. The Morgan fingerprint density at radius 3 is 2.74 bits per heavy atom. The van der Waals surface area contributed by atoms with Gasteiger partial charge in [-0.15, -0.1) is 0 Å². The van der Waals surface area contributed by atoms with E-state index in [1.807, 2.05) is 25.1 Å². The van der Waals surface area contributed by atoms with Crippen LogP contribution in [-0.4, -0.2) is 26.8 Å². The summed E-state index contributed by atoms with van der Waals surface area (Å²) < 4.78 is 1.54. The first-order valence-corrected chi connectivity index (χ1v) is 10.7. The van der Waals surface area contributed by atoms with E-state index >= 15 is 0 Å². The van der Waals surface area contributed by atoms with E-state index in [9.17, 15) is 9.59 Å². The molecule has 6 heteroatoms. The van der Waals surface area contributed by atoms with Crippen LogP contribution in [0.3, 0.4) is 0 Å². The summed E-state index contributed by atoms with van der Waals surface area (Å²) in [6.07, 6.45) is 5.30. The first kappa shape index (κ1) is 18.5. The second kappa shape index (κ2) is 7.30. The Bertz CT molecular complexity index is 925. The molecule has 2 saturated carbocycles. The number of hydrogen-bond donors (Lipinski definition) is 1. The molecule has 2 bridgehead atoms. The second-order valence-electron chi connectivity index (χ2n) is 8.17. The maximum Gasteiger partial charge on any atom is 0.261 e. The molecule has 0 aliphatic heterocycles. The number of thioether (sulfide) groups is 1. The lowest BCUT2D eigenvalue weighted by Crippen LogP contribution is -2.43. The van der Waals surface area contributed by atoms with Crippen molar-refractivity contribution in [2.75, 3.05) is 0 Å². The summed E-state index contributed by atoms with van der Waals surface area (Å²) in [7, 11) is 1.71. The van der Waals surface area contributed by atoms with Crippen molar-refractivity contribution in [3.05, 3.63) is 34.6 Å². The van der Waals surface area contributed by atoms with Crippen molar-refractivity contribution >= 4 is 28.6 Å². The molecule has 27 heavy (non-hydrogen) atoms. The second-order valence-corrected chi connectivity index (χ2v) is 9.48. The van der Waals surface area contributed by atoms with E-state index in [1.54, 1.807) is 13.1 Å². The topological polar surface area (TPSA) is 64.0 Å². The molecule has 2 aromatic rings. The molecule has 0 radical (unpaired) electrons. The lowest BCUT2D eigenvalue weighted by molar-refractivity contribution is -0.121. The zero-order chi connectivity index (χ0) is 19.1. The van der Waals surface area contributed by atoms with Crippen LogP contribution in [0.25, 0.3) is 10.9 Å². The fraction of sp³-hybridized carbons (Fsp3) is 0.571. The standard InChI is InChI=1S/C21H27N3O2S/c1-12(17-11-14-8-9-15(17)10-14)22-19(25)13(2)27-21-23-18-7-5-4-6-16(18)20(26)24(21)3/h4-7,12-15,17H,8-11H2,1-3H3,(H,22,25)/t12-,13+,14+,15+,17-/m1/s1. The molecule has 0 saturated heterocycles. The van der Waals surface area contributed by atoms with Gasteiger partial charge in [-0.1, -0.05) is 30.3 Å². The first-order valence-electron chi connectivity index (χ1n) is 9.87. The highest BCUT2D eigenvalue weighted by Crippen LogP contribution is 2.49. The van der Waals surface area contributed by atoms with Crippen molar-refractivity contribution in [2.45, 2.75) is 56.0 Å². The smallest absolute Gasteiger partial charge is 0.261 e. The molecule has 1 heterocycles. The van der Waals surface area contributed by atoms with E-state index in [1.165, 1.54) is 42.0 Å². The third-order valence-corrected chi connectivity index (χ3v) is 7.54. The van der Waals surface area contributed by atoms with Crippen molar-refractivity contribution in [2.24, 2.45) is 24.8 Å². The number of aromatic nitrogens is 2. The van der Waals surface area contributed by atoms with E-state index in [2.05, 4.69) is 17.2 Å².